The molecule has 0 rings (SSSR count). The topological polar surface area (TPSA) is 67.4 Å². The maximum atomic E-state index is 11.7. The maximum absolute atomic E-state index is 11.7. The van der Waals surface area contributed by atoms with Crippen LogP contribution in [0, 0.1) is 0 Å². The zero-order valence-electron chi connectivity index (χ0n) is 10.6. The number of alkyl halides is 2. The summed E-state index contributed by atoms with van der Waals surface area (Å²) in [6.07, 6.45) is -1.16. The number of hydrogen-bond acceptors (Lipinski definition) is 4. The molecule has 0 saturated carbocycles. The van der Waals surface area contributed by atoms with E-state index in [-0.39, 0.29) is 18.9 Å². The van der Waals surface area contributed by atoms with Gasteiger partial charge in [-0.2, -0.15) is 0 Å². The molecule has 0 heterocycles. The summed E-state index contributed by atoms with van der Waals surface area (Å²) in [4.78, 5) is 0. The predicted molar refractivity (Wildman–Crippen MR) is 66.4 cm³/mol. The molecule has 0 radical (unpaired) electrons. The van der Waals surface area contributed by atoms with Crippen LogP contribution in [0.5, 0.6) is 0 Å². The molecule has 0 aromatic rings. The highest BCUT2D eigenvalue weighted by Crippen LogP contribution is 1.94. The van der Waals surface area contributed by atoms with Crippen molar-refractivity contribution in [3.05, 3.63) is 0 Å². The van der Waals surface area contributed by atoms with E-state index < -0.39 is 23.1 Å². The summed E-state index contributed by atoms with van der Waals surface area (Å²) in [5.74, 6) is 0.0489. The van der Waals surface area contributed by atoms with Gasteiger partial charge in [0.15, 0.2) is 0 Å². The molecule has 5 nitrogen and oxygen atoms in total. The lowest BCUT2D eigenvalue weighted by Crippen LogP contribution is -2.30. The molecule has 0 spiro atoms. The lowest BCUT2D eigenvalue weighted by Gasteiger charge is -2.07. The summed E-state index contributed by atoms with van der Waals surface area (Å²) < 4.78 is 53.1. The molecule has 0 aromatic heterocycles. The van der Waals surface area contributed by atoms with Crippen LogP contribution >= 0.6 is 0 Å². The van der Waals surface area contributed by atoms with Gasteiger partial charge in [-0.25, -0.2) is 21.9 Å². The molecule has 0 atom stereocenters. The summed E-state index contributed by atoms with van der Waals surface area (Å²) in [6, 6.07) is 0. The quantitative estimate of drug-likeness (QED) is 0.515. The maximum Gasteiger partial charge on any atom is 0.261 e. The minimum Gasteiger partial charge on any atom is -0.374 e. The van der Waals surface area contributed by atoms with Crippen LogP contribution in [0.15, 0.2) is 0 Å². The van der Waals surface area contributed by atoms with E-state index in [1.54, 1.807) is 0 Å². The van der Waals surface area contributed by atoms with Crippen molar-refractivity contribution in [3.63, 3.8) is 0 Å². The van der Waals surface area contributed by atoms with Gasteiger partial charge in [0.25, 0.3) is 6.43 Å². The van der Waals surface area contributed by atoms with Crippen LogP contribution in [0.1, 0.15) is 19.8 Å². The number of ether oxygens (including phenoxy) is 1. The van der Waals surface area contributed by atoms with Crippen LogP contribution in [-0.2, 0) is 14.8 Å². The third-order valence-corrected chi connectivity index (χ3v) is 3.55. The summed E-state index contributed by atoms with van der Waals surface area (Å²) in [7, 11) is -3.31. The lowest BCUT2D eigenvalue weighted by atomic mass is 10.3. The first-order valence-electron chi connectivity index (χ1n) is 6.02. The molecule has 0 aliphatic rings. The number of unbranched alkanes of at least 4 members (excludes halogenated alkanes) is 1. The average molecular weight is 288 g/mol. The van der Waals surface area contributed by atoms with E-state index in [2.05, 4.69) is 14.8 Å². The van der Waals surface area contributed by atoms with Crippen LogP contribution in [-0.4, -0.2) is 53.4 Å². The molecule has 0 aliphatic heterocycles. The highest BCUT2D eigenvalue weighted by atomic mass is 32.2. The second-order valence-electron chi connectivity index (χ2n) is 3.74. The molecule has 8 heteroatoms. The molecule has 0 saturated heterocycles. The summed E-state index contributed by atoms with van der Waals surface area (Å²) in [6.45, 7) is 2.97. The Hall–Kier alpha value is -0.310. The van der Waals surface area contributed by atoms with Gasteiger partial charge >= 0.3 is 0 Å². The first kappa shape index (κ1) is 17.7. The fraction of sp³-hybridized carbons (Fsp3) is 1.00. The van der Waals surface area contributed by atoms with E-state index in [0.717, 1.165) is 19.5 Å². The molecule has 0 fully saturated rings. The normalized spacial score (nSPS) is 12.2. The molecule has 110 valence electrons. The predicted octanol–water partition coefficient (Wildman–Crippen LogP) is 0.577. The third kappa shape index (κ3) is 12.2. The Morgan fingerprint density at radius 3 is 2.56 bits per heavy atom. The first-order valence-corrected chi connectivity index (χ1v) is 7.67. The van der Waals surface area contributed by atoms with E-state index in [0.29, 0.717) is 6.42 Å². The SMILES string of the molecule is CCNCCCCS(=O)(=O)NCCOCC(F)F. The molecule has 0 amide bonds. The van der Waals surface area contributed by atoms with Crippen molar-refractivity contribution in [3.8, 4) is 0 Å². The van der Waals surface area contributed by atoms with Gasteiger partial charge < -0.3 is 10.1 Å². The Morgan fingerprint density at radius 1 is 1.22 bits per heavy atom. The van der Waals surface area contributed by atoms with E-state index >= 15 is 0 Å². The number of nitrogens with one attached hydrogen (secondary N) is 2. The highest BCUT2D eigenvalue weighted by Gasteiger charge is 2.09. The van der Waals surface area contributed by atoms with Crippen molar-refractivity contribution < 1.29 is 21.9 Å². The number of hydrogen-bond donors (Lipinski definition) is 2. The van der Waals surface area contributed by atoms with Crippen molar-refractivity contribution in [2.75, 3.05) is 38.6 Å². The van der Waals surface area contributed by atoms with E-state index in [4.69, 9.17) is 0 Å². The van der Waals surface area contributed by atoms with Gasteiger partial charge in [-0.15, -0.1) is 0 Å². The summed E-state index contributed by atoms with van der Waals surface area (Å²) in [5, 5.41) is 3.10. The molecule has 0 bridgehead atoms. The molecule has 0 unspecified atom stereocenters. The molecule has 0 aliphatic carbocycles. The molecule has 18 heavy (non-hydrogen) atoms. The fourth-order valence-electron chi connectivity index (χ4n) is 1.23. The Balaban J connectivity index is 3.49. The molecule has 2 N–H and O–H groups in total. The summed E-state index contributed by atoms with van der Waals surface area (Å²) >= 11 is 0. The Kier molecular flexibility index (Phi) is 10.4. The van der Waals surface area contributed by atoms with Crippen molar-refractivity contribution in [1.82, 2.24) is 10.0 Å². The van der Waals surface area contributed by atoms with E-state index in [9.17, 15) is 17.2 Å². The second-order valence-corrected chi connectivity index (χ2v) is 5.67. The standard InChI is InChI=1S/C10H22F2N2O3S/c1-2-13-5-3-4-8-18(15,16)14-6-7-17-9-10(11)12/h10,13-14H,2-9H2,1H3. The van der Waals surface area contributed by atoms with Gasteiger partial charge in [0.2, 0.25) is 10.0 Å². The minimum atomic E-state index is -3.31. The zero-order chi connectivity index (χ0) is 13.9. The number of halogens is 2. The van der Waals surface area contributed by atoms with Crippen molar-refractivity contribution in [2.24, 2.45) is 0 Å². The van der Waals surface area contributed by atoms with E-state index in [1.807, 2.05) is 6.92 Å². The average Bonchev–Trinajstić information content (AvgIpc) is 2.27. The Bertz CT molecular complexity index is 287. The zero-order valence-corrected chi connectivity index (χ0v) is 11.4. The Morgan fingerprint density at radius 2 is 1.94 bits per heavy atom. The molecular weight excluding hydrogens is 266 g/mol. The third-order valence-electron chi connectivity index (χ3n) is 2.08. The molecule has 0 aromatic carbocycles. The summed E-state index contributed by atoms with van der Waals surface area (Å²) in [5.41, 5.74) is 0. The van der Waals surface area contributed by atoms with E-state index in [1.165, 1.54) is 0 Å². The highest BCUT2D eigenvalue weighted by molar-refractivity contribution is 7.89. The fourth-order valence-corrected chi connectivity index (χ4v) is 2.36. The van der Waals surface area contributed by atoms with Crippen LogP contribution in [0.2, 0.25) is 0 Å². The number of sulfonamides is 1. The Labute approximate surface area is 107 Å². The van der Waals surface area contributed by atoms with Gasteiger partial charge in [0.05, 0.1) is 12.4 Å². The van der Waals surface area contributed by atoms with Gasteiger partial charge in [-0.3, -0.25) is 0 Å². The van der Waals surface area contributed by atoms with Crippen LogP contribution in [0.4, 0.5) is 8.78 Å². The monoisotopic (exact) mass is 288 g/mol. The van der Waals surface area contributed by atoms with Crippen molar-refractivity contribution >= 4 is 10.0 Å². The molecular formula is C10H22F2N2O3S. The number of rotatable bonds is 12. The second kappa shape index (κ2) is 10.6. The van der Waals surface area contributed by atoms with Crippen LogP contribution in [0.3, 0.4) is 0 Å². The van der Waals surface area contributed by atoms with Crippen molar-refractivity contribution in [1.29, 1.82) is 0 Å². The van der Waals surface area contributed by atoms with Gasteiger partial charge in [-0.1, -0.05) is 6.92 Å². The van der Waals surface area contributed by atoms with Gasteiger partial charge in [0, 0.05) is 6.54 Å². The van der Waals surface area contributed by atoms with Gasteiger partial charge in [-0.05, 0) is 25.9 Å². The van der Waals surface area contributed by atoms with Gasteiger partial charge in [0.1, 0.15) is 6.61 Å². The largest absolute Gasteiger partial charge is 0.374 e. The van der Waals surface area contributed by atoms with Crippen molar-refractivity contribution in [2.45, 2.75) is 26.2 Å². The van der Waals surface area contributed by atoms with Crippen LogP contribution in [0.25, 0.3) is 0 Å². The minimum absolute atomic E-state index is 0.0300. The first-order chi connectivity index (χ1) is 8.48. The smallest absolute Gasteiger partial charge is 0.261 e. The van der Waals surface area contributed by atoms with Crippen LogP contribution < -0.4 is 10.0 Å². The lowest BCUT2D eigenvalue weighted by molar-refractivity contribution is 0.0199.